The van der Waals surface area contributed by atoms with Crippen LogP contribution < -0.4 is 14.8 Å². The van der Waals surface area contributed by atoms with E-state index < -0.39 is 4.92 Å². The van der Waals surface area contributed by atoms with E-state index in [1.54, 1.807) is 18.2 Å². The van der Waals surface area contributed by atoms with Crippen molar-refractivity contribution in [3.63, 3.8) is 0 Å². The highest BCUT2D eigenvalue weighted by Crippen LogP contribution is 2.29. The Hall–Kier alpha value is -4.19. The molecule has 1 fully saturated rings. The van der Waals surface area contributed by atoms with Gasteiger partial charge in [0, 0.05) is 12.6 Å². The van der Waals surface area contributed by atoms with E-state index in [1.807, 2.05) is 32.0 Å². The number of nitrogens with one attached hydrogen (secondary N) is 1. The SMILES string of the molecule is CCOc1ccc(CCN2C(=O)/C(=C\c3ccc(Cn4cc([N+](=O)[O-])cn4)o3)NC2=S)cc1OCC. The average molecular weight is 512 g/mol. The fourth-order valence-corrected chi connectivity index (χ4v) is 3.94. The molecule has 0 aliphatic carbocycles. The quantitative estimate of drug-likeness (QED) is 0.178. The van der Waals surface area contributed by atoms with Gasteiger partial charge in [0.25, 0.3) is 5.91 Å². The topological polar surface area (TPSA) is 125 Å². The van der Waals surface area contributed by atoms with E-state index in [9.17, 15) is 14.9 Å². The Morgan fingerprint density at radius 3 is 2.69 bits per heavy atom. The van der Waals surface area contributed by atoms with E-state index in [0.717, 1.165) is 5.56 Å². The number of aromatic nitrogens is 2. The third kappa shape index (κ3) is 5.71. The number of nitro groups is 1. The molecular weight excluding hydrogens is 486 g/mol. The Morgan fingerprint density at radius 1 is 1.19 bits per heavy atom. The minimum atomic E-state index is -0.513. The van der Waals surface area contributed by atoms with Gasteiger partial charge in [-0.25, -0.2) is 0 Å². The second kappa shape index (κ2) is 11.0. The van der Waals surface area contributed by atoms with Gasteiger partial charge in [-0.05, 0) is 62.3 Å². The average Bonchev–Trinajstić information content (AvgIpc) is 3.56. The van der Waals surface area contributed by atoms with Crippen molar-refractivity contribution in [1.29, 1.82) is 0 Å². The third-order valence-electron chi connectivity index (χ3n) is 5.31. The molecule has 3 heterocycles. The van der Waals surface area contributed by atoms with Gasteiger partial charge < -0.3 is 19.2 Å². The summed E-state index contributed by atoms with van der Waals surface area (Å²) < 4.78 is 18.4. The van der Waals surface area contributed by atoms with E-state index in [0.29, 0.717) is 60.0 Å². The van der Waals surface area contributed by atoms with Gasteiger partial charge in [-0.2, -0.15) is 5.10 Å². The molecule has 0 atom stereocenters. The van der Waals surface area contributed by atoms with E-state index in [-0.39, 0.29) is 18.1 Å². The van der Waals surface area contributed by atoms with E-state index in [2.05, 4.69) is 10.4 Å². The molecule has 1 N–H and O–H groups in total. The zero-order valence-corrected chi connectivity index (χ0v) is 20.6. The summed E-state index contributed by atoms with van der Waals surface area (Å²) in [6.45, 7) is 5.50. The molecule has 1 aromatic carbocycles. The van der Waals surface area contributed by atoms with E-state index in [1.165, 1.54) is 22.0 Å². The van der Waals surface area contributed by atoms with Gasteiger partial charge in [0.2, 0.25) is 0 Å². The number of amides is 1. The van der Waals surface area contributed by atoms with Gasteiger partial charge in [0.15, 0.2) is 16.6 Å². The molecular formula is C24H25N5O6S. The van der Waals surface area contributed by atoms with Crippen molar-refractivity contribution in [2.24, 2.45) is 0 Å². The maximum atomic E-state index is 13.0. The first kappa shape index (κ1) is 24.9. The van der Waals surface area contributed by atoms with Crippen molar-refractivity contribution in [2.45, 2.75) is 26.8 Å². The van der Waals surface area contributed by atoms with Gasteiger partial charge in [0.1, 0.15) is 29.6 Å². The second-order valence-electron chi connectivity index (χ2n) is 7.80. The lowest BCUT2D eigenvalue weighted by Gasteiger charge is -2.15. The van der Waals surface area contributed by atoms with Crippen LogP contribution in [-0.2, 0) is 17.8 Å². The van der Waals surface area contributed by atoms with Crippen molar-refractivity contribution >= 4 is 35.0 Å². The first-order chi connectivity index (χ1) is 17.4. The van der Waals surface area contributed by atoms with Gasteiger partial charge in [0.05, 0.1) is 24.7 Å². The lowest BCUT2D eigenvalue weighted by atomic mass is 10.1. The van der Waals surface area contributed by atoms with E-state index in [4.69, 9.17) is 26.1 Å². The van der Waals surface area contributed by atoms with Crippen LogP contribution in [0.5, 0.6) is 11.5 Å². The number of hydrogen-bond donors (Lipinski definition) is 1. The number of furan rings is 1. The van der Waals surface area contributed by atoms with Crippen molar-refractivity contribution in [1.82, 2.24) is 20.0 Å². The molecule has 3 aromatic rings. The molecule has 0 unspecified atom stereocenters. The summed E-state index contributed by atoms with van der Waals surface area (Å²) in [5.74, 6) is 2.08. The molecule has 2 aromatic heterocycles. The molecule has 36 heavy (non-hydrogen) atoms. The monoisotopic (exact) mass is 511 g/mol. The number of carbonyl (C=O) groups excluding carboxylic acids is 1. The molecule has 188 valence electrons. The van der Waals surface area contributed by atoms with Crippen LogP contribution in [0.1, 0.15) is 30.9 Å². The summed E-state index contributed by atoms with van der Waals surface area (Å²) in [5, 5.41) is 18.0. The van der Waals surface area contributed by atoms with Crippen LogP contribution in [0.3, 0.4) is 0 Å². The predicted octanol–water partition coefficient (Wildman–Crippen LogP) is 3.53. The van der Waals surface area contributed by atoms with Gasteiger partial charge >= 0.3 is 5.69 Å². The van der Waals surface area contributed by atoms with Crippen LogP contribution in [0, 0.1) is 10.1 Å². The van der Waals surface area contributed by atoms with E-state index >= 15 is 0 Å². The fraction of sp³-hybridized carbons (Fsp3) is 0.292. The molecule has 0 radical (unpaired) electrons. The standard InChI is InChI=1S/C24H25N5O6S/c1-3-33-21-8-5-16(11-22(21)34-4-2)9-10-28-23(30)20(26-24(28)36)12-18-6-7-19(35-18)15-27-14-17(13-25-27)29(31)32/h5-8,11-14H,3-4,9-10,15H2,1-2H3,(H,26,36)/b20-12+. The normalized spacial score (nSPS) is 14.4. The molecule has 1 saturated heterocycles. The third-order valence-corrected chi connectivity index (χ3v) is 5.63. The summed E-state index contributed by atoms with van der Waals surface area (Å²) in [5.41, 5.74) is 1.19. The largest absolute Gasteiger partial charge is 0.490 e. The Labute approximate surface area is 212 Å². The highest BCUT2D eigenvalue weighted by atomic mass is 32.1. The highest BCUT2D eigenvalue weighted by Gasteiger charge is 2.30. The molecule has 0 spiro atoms. The minimum Gasteiger partial charge on any atom is -0.490 e. The van der Waals surface area contributed by atoms with Crippen molar-refractivity contribution in [3.8, 4) is 11.5 Å². The molecule has 1 aliphatic rings. The maximum absolute atomic E-state index is 13.0. The van der Waals surface area contributed by atoms with Gasteiger partial charge in [-0.3, -0.25) is 24.5 Å². The Morgan fingerprint density at radius 2 is 1.97 bits per heavy atom. The maximum Gasteiger partial charge on any atom is 0.307 e. The van der Waals surface area contributed by atoms with Crippen LogP contribution in [0.2, 0.25) is 0 Å². The minimum absolute atomic E-state index is 0.0994. The van der Waals surface area contributed by atoms with Crippen molar-refractivity contribution in [2.75, 3.05) is 19.8 Å². The first-order valence-corrected chi connectivity index (χ1v) is 11.8. The highest BCUT2D eigenvalue weighted by molar-refractivity contribution is 7.80. The molecule has 12 heteroatoms. The van der Waals surface area contributed by atoms with Gasteiger partial charge in [-0.1, -0.05) is 6.07 Å². The number of hydrogen-bond acceptors (Lipinski definition) is 8. The van der Waals surface area contributed by atoms with Crippen LogP contribution in [0.15, 0.2) is 52.8 Å². The summed E-state index contributed by atoms with van der Waals surface area (Å²) in [6.07, 6.45) is 4.65. The molecule has 1 amide bonds. The molecule has 1 aliphatic heterocycles. The molecule has 0 saturated carbocycles. The van der Waals surface area contributed by atoms with Crippen molar-refractivity contribution < 1.29 is 23.6 Å². The Balaban J connectivity index is 1.39. The smallest absolute Gasteiger partial charge is 0.307 e. The first-order valence-electron chi connectivity index (χ1n) is 11.4. The van der Waals surface area contributed by atoms with Crippen LogP contribution in [0.25, 0.3) is 6.08 Å². The lowest BCUT2D eigenvalue weighted by molar-refractivity contribution is -0.385. The predicted molar refractivity (Wildman–Crippen MR) is 135 cm³/mol. The summed E-state index contributed by atoms with van der Waals surface area (Å²) in [6, 6.07) is 9.15. The second-order valence-corrected chi connectivity index (χ2v) is 8.19. The number of ether oxygens (including phenoxy) is 2. The number of carbonyl (C=O) groups is 1. The number of thiocarbonyl (C=S) groups is 1. The molecule has 4 rings (SSSR count). The lowest BCUT2D eigenvalue weighted by Crippen LogP contribution is -2.32. The summed E-state index contributed by atoms with van der Waals surface area (Å²) >= 11 is 5.38. The number of rotatable bonds is 11. The molecule has 11 nitrogen and oxygen atoms in total. The Kier molecular flexibility index (Phi) is 7.64. The van der Waals surface area contributed by atoms with Crippen LogP contribution >= 0.6 is 12.2 Å². The number of benzene rings is 1. The van der Waals surface area contributed by atoms with Crippen molar-refractivity contribution in [3.05, 3.63) is 75.6 Å². The van der Waals surface area contributed by atoms with Gasteiger partial charge in [-0.15, -0.1) is 0 Å². The van der Waals surface area contributed by atoms with Crippen LogP contribution in [0.4, 0.5) is 5.69 Å². The summed E-state index contributed by atoms with van der Waals surface area (Å²) in [7, 11) is 0. The number of nitrogens with zero attached hydrogens (tertiary/aromatic N) is 4. The zero-order valence-electron chi connectivity index (χ0n) is 19.8. The molecule has 0 bridgehead atoms. The van der Waals surface area contributed by atoms with Crippen LogP contribution in [-0.4, -0.2) is 50.4 Å². The zero-order chi connectivity index (χ0) is 25.7. The fourth-order valence-electron chi connectivity index (χ4n) is 3.66. The Bertz CT molecular complexity index is 1310. The summed E-state index contributed by atoms with van der Waals surface area (Å²) in [4.78, 5) is 24.8.